The second-order valence-corrected chi connectivity index (χ2v) is 12.6. The van der Waals surface area contributed by atoms with Gasteiger partial charge < -0.3 is 8.98 Å². The van der Waals surface area contributed by atoms with Crippen molar-refractivity contribution < 1.29 is 4.42 Å². The molecule has 210 valence electrons. The van der Waals surface area contributed by atoms with Crippen LogP contribution in [-0.2, 0) is 0 Å². The van der Waals surface area contributed by atoms with Crippen molar-refractivity contribution in [1.29, 1.82) is 0 Å². The van der Waals surface area contributed by atoms with E-state index in [0.717, 1.165) is 33.2 Å². The Balaban J connectivity index is 1.14. The molecule has 0 spiro atoms. The monoisotopic (exact) mass is 592 g/mol. The molecule has 0 amide bonds. The van der Waals surface area contributed by atoms with Crippen LogP contribution in [0.15, 0.2) is 150 Å². The maximum atomic E-state index is 6.52. The zero-order valence-corrected chi connectivity index (χ0v) is 24.9. The van der Waals surface area contributed by atoms with Gasteiger partial charge >= 0.3 is 0 Å². The normalized spacial score (nSPS) is 12.0. The van der Waals surface area contributed by atoms with E-state index in [1.54, 1.807) is 0 Å². The summed E-state index contributed by atoms with van der Waals surface area (Å²) < 4.78 is 11.5. The van der Waals surface area contributed by atoms with Crippen molar-refractivity contribution in [2.45, 2.75) is 0 Å². The zero-order valence-electron chi connectivity index (χ0n) is 24.1. The van der Waals surface area contributed by atoms with Gasteiger partial charge in [-0.1, -0.05) is 109 Å². The van der Waals surface area contributed by atoms with E-state index >= 15 is 0 Å². The van der Waals surface area contributed by atoms with E-state index in [9.17, 15) is 0 Å². The molecule has 10 aromatic rings. The Kier molecular flexibility index (Phi) is 5.16. The molecule has 4 heteroatoms. The Morgan fingerprint density at radius 1 is 0.511 bits per heavy atom. The number of rotatable bonds is 3. The third-order valence-electron chi connectivity index (χ3n) is 9.07. The third-order valence-corrected chi connectivity index (χ3v) is 10.3. The Bertz CT molecular complexity index is 2730. The fourth-order valence-electron chi connectivity index (χ4n) is 7.05. The second-order valence-electron chi connectivity index (χ2n) is 11.6. The molecule has 4 heterocycles. The summed E-state index contributed by atoms with van der Waals surface area (Å²) in [6.07, 6.45) is 1.93. The Hall–Kier alpha value is -5.71. The standard InChI is InChI=1S/C41H24N2OS/c1-4-19-36-30(12-1)31-13-2-5-20-37(31)43(36)27-23-35-33-17-8-15-28(39(33)44-41(35)42-24-27)25-10-7-11-26(22-25)29-16-9-18-34-32-14-3-6-21-38(32)45-40(29)34/h1-24H. The van der Waals surface area contributed by atoms with E-state index in [-0.39, 0.29) is 0 Å². The highest BCUT2D eigenvalue weighted by atomic mass is 32.1. The van der Waals surface area contributed by atoms with E-state index in [4.69, 9.17) is 9.40 Å². The van der Waals surface area contributed by atoms with Crippen LogP contribution >= 0.6 is 11.3 Å². The minimum Gasteiger partial charge on any atom is -0.437 e. The molecular weight excluding hydrogens is 569 g/mol. The van der Waals surface area contributed by atoms with Crippen molar-refractivity contribution in [3.05, 3.63) is 146 Å². The number of benzene rings is 6. The van der Waals surface area contributed by atoms with Gasteiger partial charge in [0.1, 0.15) is 5.58 Å². The Morgan fingerprint density at radius 2 is 1.13 bits per heavy atom. The molecule has 0 radical (unpaired) electrons. The third kappa shape index (κ3) is 3.60. The summed E-state index contributed by atoms with van der Waals surface area (Å²) in [5.41, 5.74) is 9.50. The number of para-hydroxylation sites is 3. The van der Waals surface area contributed by atoms with E-state index in [1.165, 1.54) is 53.1 Å². The number of nitrogens with zero attached hydrogens (tertiary/aromatic N) is 2. The van der Waals surface area contributed by atoms with Crippen molar-refractivity contribution in [3.63, 3.8) is 0 Å². The number of hydrogen-bond acceptors (Lipinski definition) is 3. The van der Waals surface area contributed by atoms with Crippen LogP contribution < -0.4 is 0 Å². The van der Waals surface area contributed by atoms with Crippen molar-refractivity contribution in [2.75, 3.05) is 0 Å². The van der Waals surface area contributed by atoms with Crippen molar-refractivity contribution >= 4 is 75.4 Å². The summed E-state index contributed by atoms with van der Waals surface area (Å²) in [7, 11) is 0. The van der Waals surface area contributed by atoms with Crippen LogP contribution in [0.1, 0.15) is 0 Å². The first-order chi connectivity index (χ1) is 22.3. The van der Waals surface area contributed by atoms with E-state index in [0.29, 0.717) is 5.71 Å². The molecule has 0 bridgehead atoms. The largest absolute Gasteiger partial charge is 0.437 e. The summed E-state index contributed by atoms with van der Waals surface area (Å²) in [6, 6.07) is 49.9. The van der Waals surface area contributed by atoms with Gasteiger partial charge in [0.15, 0.2) is 0 Å². The molecule has 4 aromatic heterocycles. The van der Waals surface area contributed by atoms with Crippen LogP contribution in [0.25, 0.3) is 92.0 Å². The molecule has 0 unspecified atom stereocenters. The van der Waals surface area contributed by atoms with Gasteiger partial charge in [-0.3, -0.25) is 0 Å². The molecule has 0 aliphatic heterocycles. The molecule has 10 rings (SSSR count). The summed E-state index contributed by atoms with van der Waals surface area (Å²) in [5, 5.41) is 7.17. The molecule has 0 saturated heterocycles. The predicted octanol–water partition coefficient (Wildman–Crippen LogP) is 11.8. The molecule has 6 aromatic carbocycles. The molecule has 45 heavy (non-hydrogen) atoms. The molecule has 0 saturated carbocycles. The van der Waals surface area contributed by atoms with Crippen molar-refractivity contribution in [3.8, 4) is 27.9 Å². The van der Waals surface area contributed by atoms with Gasteiger partial charge in [0, 0.05) is 41.9 Å². The van der Waals surface area contributed by atoms with Gasteiger partial charge in [0.05, 0.1) is 28.3 Å². The maximum absolute atomic E-state index is 6.52. The maximum Gasteiger partial charge on any atom is 0.227 e. The average molecular weight is 593 g/mol. The highest BCUT2D eigenvalue weighted by molar-refractivity contribution is 7.26. The van der Waals surface area contributed by atoms with Crippen molar-refractivity contribution in [1.82, 2.24) is 9.55 Å². The first-order valence-electron chi connectivity index (χ1n) is 15.1. The number of hydrogen-bond donors (Lipinski definition) is 0. The first-order valence-corrected chi connectivity index (χ1v) is 15.9. The number of fused-ring (bicyclic) bond motifs is 9. The lowest BCUT2D eigenvalue weighted by Crippen LogP contribution is -1.94. The van der Waals surface area contributed by atoms with Gasteiger partial charge in [-0.25, -0.2) is 4.98 Å². The van der Waals surface area contributed by atoms with Gasteiger partial charge in [-0.2, -0.15) is 0 Å². The Morgan fingerprint density at radius 3 is 1.93 bits per heavy atom. The molecule has 0 atom stereocenters. The minimum atomic E-state index is 0.646. The minimum absolute atomic E-state index is 0.646. The Labute approximate surface area is 262 Å². The first kappa shape index (κ1) is 24.7. The van der Waals surface area contributed by atoms with Gasteiger partial charge in [0.2, 0.25) is 5.71 Å². The predicted molar refractivity (Wildman–Crippen MR) is 190 cm³/mol. The molecule has 0 aliphatic carbocycles. The number of furan rings is 1. The van der Waals surface area contributed by atoms with Crippen LogP contribution in [0, 0.1) is 0 Å². The highest BCUT2D eigenvalue weighted by Gasteiger charge is 2.17. The van der Waals surface area contributed by atoms with Gasteiger partial charge in [-0.15, -0.1) is 11.3 Å². The number of aromatic nitrogens is 2. The zero-order chi connectivity index (χ0) is 29.5. The van der Waals surface area contributed by atoms with Gasteiger partial charge in [-0.05, 0) is 47.0 Å². The van der Waals surface area contributed by atoms with E-state index in [2.05, 4.69) is 144 Å². The SMILES string of the molecule is c1cc(-c2cccc3c2oc2ncc(-n4c5ccccc5c5ccccc54)cc23)cc(-c2cccc3c2sc2ccccc23)c1. The summed E-state index contributed by atoms with van der Waals surface area (Å²) in [4.78, 5) is 4.86. The van der Waals surface area contributed by atoms with Crippen LogP contribution in [0.5, 0.6) is 0 Å². The lowest BCUT2D eigenvalue weighted by atomic mass is 9.97. The lowest BCUT2D eigenvalue weighted by Gasteiger charge is -2.08. The average Bonchev–Trinajstić information content (AvgIpc) is 3.77. The summed E-state index contributed by atoms with van der Waals surface area (Å²) in [6.45, 7) is 0. The molecule has 3 nitrogen and oxygen atoms in total. The van der Waals surface area contributed by atoms with Crippen LogP contribution in [-0.4, -0.2) is 9.55 Å². The molecular formula is C41H24N2OS. The number of pyridine rings is 1. The highest BCUT2D eigenvalue weighted by Crippen LogP contribution is 2.42. The van der Waals surface area contributed by atoms with E-state index < -0.39 is 0 Å². The van der Waals surface area contributed by atoms with Crippen molar-refractivity contribution in [2.24, 2.45) is 0 Å². The van der Waals surface area contributed by atoms with Crippen LogP contribution in [0.4, 0.5) is 0 Å². The quantitative estimate of drug-likeness (QED) is 0.204. The van der Waals surface area contributed by atoms with Gasteiger partial charge in [0.25, 0.3) is 0 Å². The molecule has 0 aliphatic rings. The van der Waals surface area contributed by atoms with Crippen LogP contribution in [0.3, 0.4) is 0 Å². The smallest absolute Gasteiger partial charge is 0.227 e. The summed E-state index contributed by atoms with van der Waals surface area (Å²) in [5.74, 6) is 0. The molecule has 0 fully saturated rings. The fraction of sp³-hybridized carbons (Fsp3) is 0. The van der Waals surface area contributed by atoms with Crippen LogP contribution in [0.2, 0.25) is 0 Å². The second kappa shape index (κ2) is 9.39. The number of thiophene rings is 1. The topological polar surface area (TPSA) is 31.0 Å². The fourth-order valence-corrected chi connectivity index (χ4v) is 8.29. The molecule has 0 N–H and O–H groups in total. The lowest BCUT2D eigenvalue weighted by molar-refractivity contribution is 0.655. The summed E-state index contributed by atoms with van der Waals surface area (Å²) >= 11 is 1.86. The van der Waals surface area contributed by atoms with E-state index in [1.807, 2.05) is 17.5 Å².